The zero-order valence-electron chi connectivity index (χ0n) is 17.8. The fourth-order valence-electron chi connectivity index (χ4n) is 4.58. The topological polar surface area (TPSA) is 0 Å². The molecule has 0 bridgehead atoms. The minimum Gasteiger partial charge on any atom is -0.0885 e. The number of hydrogen-bond acceptors (Lipinski definition) is 0. The third kappa shape index (κ3) is 4.06. The van der Waals surface area contributed by atoms with E-state index in [4.69, 9.17) is 0 Å². The van der Waals surface area contributed by atoms with E-state index >= 15 is 0 Å². The molecule has 0 aliphatic carbocycles. The summed E-state index contributed by atoms with van der Waals surface area (Å²) in [5, 5.41) is 3.15. The van der Waals surface area contributed by atoms with Gasteiger partial charge in [-0.05, 0) is 54.6 Å². The highest BCUT2D eigenvalue weighted by Crippen LogP contribution is 2.40. The summed E-state index contributed by atoms with van der Waals surface area (Å²) < 4.78 is 0. The van der Waals surface area contributed by atoms with Crippen molar-refractivity contribution in [2.75, 3.05) is 0 Å². The lowest BCUT2D eigenvalue weighted by molar-refractivity contribution is 1.15. The quantitative estimate of drug-likeness (QED) is 0.328. The molecular formula is C28H30Si. The first-order chi connectivity index (χ1) is 14.1. The van der Waals surface area contributed by atoms with Gasteiger partial charge in [-0.2, -0.15) is 0 Å². The third-order valence-corrected chi connectivity index (χ3v) is 10.9. The largest absolute Gasteiger partial charge is 0.116 e. The second-order valence-electron chi connectivity index (χ2n) is 8.50. The van der Waals surface area contributed by atoms with Crippen molar-refractivity contribution < 1.29 is 0 Å². The van der Waals surface area contributed by atoms with Crippen LogP contribution >= 0.6 is 0 Å². The van der Waals surface area contributed by atoms with E-state index in [1.165, 1.54) is 39.1 Å². The van der Waals surface area contributed by atoms with Gasteiger partial charge in [0, 0.05) is 0 Å². The number of rotatable bonds is 3. The first kappa shape index (κ1) is 19.7. The van der Waals surface area contributed by atoms with Crippen LogP contribution < -0.4 is 5.19 Å². The summed E-state index contributed by atoms with van der Waals surface area (Å²) in [4.78, 5) is 0. The van der Waals surface area contributed by atoms with Crippen molar-refractivity contribution in [2.45, 2.75) is 39.3 Å². The molecule has 0 spiro atoms. The van der Waals surface area contributed by atoms with Crippen LogP contribution in [0.2, 0.25) is 12.6 Å². The molecule has 0 radical (unpaired) electrons. The van der Waals surface area contributed by atoms with E-state index in [-0.39, 0.29) is 0 Å². The van der Waals surface area contributed by atoms with Gasteiger partial charge in [0.2, 0.25) is 0 Å². The molecule has 3 aromatic carbocycles. The van der Waals surface area contributed by atoms with Crippen molar-refractivity contribution in [3.63, 3.8) is 0 Å². The van der Waals surface area contributed by atoms with Crippen LogP contribution in [0.3, 0.4) is 0 Å². The Kier molecular flexibility index (Phi) is 5.69. The molecule has 0 amide bonds. The molecular weight excluding hydrogens is 364 g/mol. The molecule has 1 unspecified atom stereocenters. The first-order valence-electron chi connectivity index (χ1n) is 10.7. The van der Waals surface area contributed by atoms with Crippen LogP contribution in [-0.4, -0.2) is 8.07 Å². The van der Waals surface area contributed by atoms with Crippen LogP contribution in [0.1, 0.15) is 35.1 Å². The monoisotopic (exact) mass is 394 g/mol. The lowest BCUT2D eigenvalue weighted by Gasteiger charge is -2.35. The lowest BCUT2D eigenvalue weighted by Crippen LogP contribution is -2.46. The standard InChI is InChI=1S/C28H30Si/c1-22-13-17-24(18-14-22)27-12-8-5-9-21-29(3,26-10-6-4-7-11-26)28(27)25-19-15-23(2)16-20-25/h4-8,10-11,13-20H,9,12,21H2,1-3H3/b8-5-,28-27+. The summed E-state index contributed by atoms with van der Waals surface area (Å²) in [7, 11) is -1.91. The Morgan fingerprint density at radius 2 is 1.24 bits per heavy atom. The van der Waals surface area contributed by atoms with Crippen LogP contribution in [0.4, 0.5) is 0 Å². The molecule has 1 atom stereocenters. The summed E-state index contributed by atoms with van der Waals surface area (Å²) in [5.41, 5.74) is 6.91. The van der Waals surface area contributed by atoms with Gasteiger partial charge in [-0.25, -0.2) is 0 Å². The van der Waals surface area contributed by atoms with Crippen LogP contribution in [-0.2, 0) is 0 Å². The van der Waals surface area contributed by atoms with E-state index in [1.807, 2.05) is 0 Å². The van der Waals surface area contributed by atoms with Gasteiger partial charge in [0.1, 0.15) is 8.07 Å². The third-order valence-electron chi connectivity index (χ3n) is 6.30. The second-order valence-corrected chi connectivity index (χ2v) is 12.7. The summed E-state index contributed by atoms with van der Waals surface area (Å²) in [6.45, 7) is 6.92. The number of allylic oxidation sites excluding steroid dienone is 3. The number of hydrogen-bond donors (Lipinski definition) is 0. The van der Waals surface area contributed by atoms with Crippen LogP contribution in [0, 0.1) is 13.8 Å². The molecule has 3 aromatic rings. The molecule has 1 aliphatic heterocycles. The molecule has 0 nitrogen and oxygen atoms in total. The maximum atomic E-state index is 2.57. The normalized spacial score (nSPS) is 23.3. The van der Waals surface area contributed by atoms with E-state index in [9.17, 15) is 0 Å². The van der Waals surface area contributed by atoms with E-state index < -0.39 is 8.07 Å². The molecule has 0 saturated heterocycles. The molecule has 4 rings (SSSR count). The zero-order chi connectivity index (χ0) is 20.3. The minimum atomic E-state index is -1.91. The molecule has 146 valence electrons. The van der Waals surface area contributed by atoms with E-state index in [2.05, 4.69) is 111 Å². The highest BCUT2D eigenvalue weighted by Gasteiger charge is 2.36. The number of aryl methyl sites for hydroxylation is 2. The smallest absolute Gasteiger partial charge is 0.0885 e. The van der Waals surface area contributed by atoms with Gasteiger partial charge in [-0.1, -0.05) is 114 Å². The van der Waals surface area contributed by atoms with E-state index in [0.29, 0.717) is 0 Å². The molecule has 29 heavy (non-hydrogen) atoms. The predicted octanol–water partition coefficient (Wildman–Crippen LogP) is 7.09. The fraction of sp³-hybridized carbons (Fsp3) is 0.214. The Hall–Kier alpha value is -2.64. The minimum absolute atomic E-state index is 1.00. The molecule has 1 heteroatoms. The van der Waals surface area contributed by atoms with Gasteiger partial charge >= 0.3 is 0 Å². The van der Waals surface area contributed by atoms with Crippen molar-refractivity contribution in [1.29, 1.82) is 0 Å². The van der Waals surface area contributed by atoms with Crippen LogP contribution in [0.5, 0.6) is 0 Å². The Morgan fingerprint density at radius 1 is 0.655 bits per heavy atom. The maximum absolute atomic E-state index is 2.57. The van der Waals surface area contributed by atoms with Crippen LogP contribution in [0.25, 0.3) is 10.8 Å². The van der Waals surface area contributed by atoms with E-state index in [0.717, 1.165) is 12.8 Å². The summed E-state index contributed by atoms with van der Waals surface area (Å²) in [5.74, 6) is 0. The highest BCUT2D eigenvalue weighted by atomic mass is 28.3. The SMILES string of the molecule is Cc1ccc(/C2=C(\c3ccc(C)cc3)[Si](C)(c3ccccc3)CC/C=C\C2)cc1. The lowest BCUT2D eigenvalue weighted by atomic mass is 9.97. The van der Waals surface area contributed by atoms with Crippen molar-refractivity contribution in [2.24, 2.45) is 0 Å². The van der Waals surface area contributed by atoms with Gasteiger partial charge < -0.3 is 0 Å². The highest BCUT2D eigenvalue weighted by molar-refractivity contribution is 7.06. The molecule has 0 fully saturated rings. The Labute approximate surface area is 176 Å². The summed E-state index contributed by atoms with van der Waals surface area (Å²) >= 11 is 0. The zero-order valence-corrected chi connectivity index (χ0v) is 18.8. The molecule has 0 saturated carbocycles. The summed E-state index contributed by atoms with van der Waals surface area (Å²) in [6.07, 6.45) is 6.94. The first-order valence-corrected chi connectivity index (χ1v) is 13.4. The molecule has 0 aromatic heterocycles. The average Bonchev–Trinajstić information content (AvgIpc) is 2.73. The Bertz CT molecular complexity index is 1020. The number of benzene rings is 3. The Balaban J connectivity index is 2.02. The Morgan fingerprint density at radius 3 is 1.86 bits per heavy atom. The second kappa shape index (κ2) is 8.38. The average molecular weight is 395 g/mol. The van der Waals surface area contributed by atoms with Gasteiger partial charge in [0.15, 0.2) is 0 Å². The van der Waals surface area contributed by atoms with Gasteiger partial charge in [0.25, 0.3) is 0 Å². The van der Waals surface area contributed by atoms with Crippen molar-refractivity contribution in [3.8, 4) is 0 Å². The van der Waals surface area contributed by atoms with Crippen molar-refractivity contribution in [3.05, 3.63) is 113 Å². The predicted molar refractivity (Wildman–Crippen MR) is 130 cm³/mol. The van der Waals surface area contributed by atoms with E-state index in [1.54, 1.807) is 5.20 Å². The summed E-state index contributed by atoms with van der Waals surface area (Å²) in [6, 6.07) is 30.9. The van der Waals surface area contributed by atoms with Crippen molar-refractivity contribution >= 4 is 24.0 Å². The molecule has 0 N–H and O–H groups in total. The van der Waals surface area contributed by atoms with Gasteiger partial charge in [0.05, 0.1) is 0 Å². The van der Waals surface area contributed by atoms with Crippen molar-refractivity contribution in [1.82, 2.24) is 0 Å². The molecule has 1 aliphatic rings. The van der Waals surface area contributed by atoms with Crippen LogP contribution in [0.15, 0.2) is 91.0 Å². The fourth-order valence-corrected chi connectivity index (χ4v) is 8.79. The molecule has 1 heterocycles. The van der Waals surface area contributed by atoms with Gasteiger partial charge in [-0.15, -0.1) is 0 Å². The maximum Gasteiger partial charge on any atom is 0.116 e. The van der Waals surface area contributed by atoms with Gasteiger partial charge in [-0.3, -0.25) is 0 Å².